The molecule has 1 fully saturated rings. The third-order valence-corrected chi connectivity index (χ3v) is 7.88. The van der Waals surface area contributed by atoms with E-state index in [1.165, 1.54) is 6.07 Å². The van der Waals surface area contributed by atoms with Gasteiger partial charge in [-0.3, -0.25) is 4.39 Å². The number of hydrogen-bond acceptors (Lipinski definition) is 2. The molecule has 0 radical (unpaired) electrons. The lowest BCUT2D eigenvalue weighted by Gasteiger charge is -2.39. The van der Waals surface area contributed by atoms with Gasteiger partial charge in [0, 0.05) is 19.6 Å². The van der Waals surface area contributed by atoms with E-state index in [2.05, 4.69) is 4.90 Å². The summed E-state index contributed by atoms with van der Waals surface area (Å²) in [6.45, 7) is 3.90. The van der Waals surface area contributed by atoms with Crippen LogP contribution in [0.4, 0.5) is 13.2 Å². The van der Waals surface area contributed by atoms with Gasteiger partial charge in [-0.25, -0.2) is 13.6 Å². The Bertz CT molecular complexity index is 1390. The molecule has 0 atom stereocenters. The molecule has 3 aromatic carbocycles. The molecule has 198 valence electrons. The van der Waals surface area contributed by atoms with E-state index in [1.807, 2.05) is 18.2 Å². The number of fused-ring (bicyclic) bond motifs is 1. The van der Waals surface area contributed by atoms with Crippen molar-refractivity contribution in [3.8, 4) is 0 Å². The van der Waals surface area contributed by atoms with Gasteiger partial charge in [0.15, 0.2) is 0 Å². The number of nitrogens with zero attached hydrogens (tertiary/aromatic N) is 1. The zero-order valence-electron chi connectivity index (χ0n) is 21.6. The van der Waals surface area contributed by atoms with Gasteiger partial charge in [0.1, 0.15) is 11.6 Å². The zero-order valence-corrected chi connectivity index (χ0v) is 21.6. The second-order valence-electron chi connectivity index (χ2n) is 10.5. The first-order valence-electron chi connectivity index (χ1n) is 13.3. The molecule has 1 saturated heterocycles. The molecule has 3 nitrogen and oxygen atoms in total. The maximum Gasteiger partial charge on any atom is 0.335 e. The summed E-state index contributed by atoms with van der Waals surface area (Å²) in [5.74, 6) is -1.20. The molecule has 0 saturated carbocycles. The van der Waals surface area contributed by atoms with Crippen LogP contribution in [0.15, 0.2) is 54.6 Å². The third-order valence-electron chi connectivity index (χ3n) is 7.88. The lowest BCUT2D eigenvalue weighted by molar-refractivity contribution is 0.0696. The van der Waals surface area contributed by atoms with Gasteiger partial charge in [0.2, 0.25) is 0 Å². The second-order valence-corrected chi connectivity index (χ2v) is 10.5. The Morgan fingerprint density at radius 2 is 1.82 bits per heavy atom. The number of alkyl halides is 1. The van der Waals surface area contributed by atoms with Crippen molar-refractivity contribution in [2.75, 3.05) is 26.3 Å². The Labute approximate surface area is 221 Å². The van der Waals surface area contributed by atoms with Crippen LogP contribution in [0.1, 0.15) is 63.0 Å². The van der Waals surface area contributed by atoms with Crippen LogP contribution in [0.3, 0.4) is 0 Å². The first-order valence-corrected chi connectivity index (χ1v) is 13.3. The number of likely N-dealkylation sites (tertiary alicyclic amines) is 1. The molecule has 2 aliphatic rings. The summed E-state index contributed by atoms with van der Waals surface area (Å²) < 4.78 is 42.6. The highest BCUT2D eigenvalue weighted by Gasteiger charge is 2.28. The van der Waals surface area contributed by atoms with E-state index in [0.29, 0.717) is 48.3 Å². The summed E-state index contributed by atoms with van der Waals surface area (Å²) in [6, 6.07) is 15.5. The Kier molecular flexibility index (Phi) is 7.70. The number of rotatable bonds is 8. The quantitative estimate of drug-likeness (QED) is 0.345. The fraction of sp³-hybridized carbons (Fsp3) is 0.344. The minimum atomic E-state index is -0.988. The number of carboxylic acids is 1. The molecule has 1 N–H and O–H groups in total. The number of aromatic carboxylic acids is 1. The number of carbonyl (C=O) groups is 1. The van der Waals surface area contributed by atoms with Crippen molar-refractivity contribution in [2.45, 2.75) is 39.0 Å². The second kappa shape index (κ2) is 11.2. The predicted molar refractivity (Wildman–Crippen MR) is 144 cm³/mol. The SMILES string of the molecule is Cc1c(F)cccc1C1=C(c2ccc(CC3CN(CCCF)C3)c(F)c2)c2ccc(C(=O)O)cc2CCC1. The minimum Gasteiger partial charge on any atom is -0.478 e. The molecule has 0 bridgehead atoms. The number of allylic oxidation sites excluding steroid dienone is 1. The third kappa shape index (κ3) is 5.28. The first kappa shape index (κ1) is 26.2. The normalized spacial score (nSPS) is 16.2. The highest BCUT2D eigenvalue weighted by atomic mass is 19.1. The van der Waals surface area contributed by atoms with Gasteiger partial charge in [-0.1, -0.05) is 30.3 Å². The topological polar surface area (TPSA) is 40.5 Å². The molecule has 0 aromatic heterocycles. The molecule has 5 rings (SSSR count). The van der Waals surface area contributed by atoms with Crippen LogP contribution in [0, 0.1) is 24.5 Å². The van der Waals surface area contributed by atoms with Crippen molar-refractivity contribution in [3.05, 3.63) is 105 Å². The van der Waals surface area contributed by atoms with Crippen molar-refractivity contribution in [2.24, 2.45) is 5.92 Å². The average Bonchev–Trinajstić information content (AvgIpc) is 3.06. The molecule has 3 aromatic rings. The lowest BCUT2D eigenvalue weighted by atomic mass is 9.85. The number of carboxylic acid groups (broad SMARTS) is 1. The molecule has 1 aliphatic carbocycles. The highest BCUT2D eigenvalue weighted by Crippen LogP contribution is 2.41. The van der Waals surface area contributed by atoms with Crippen molar-refractivity contribution in [1.29, 1.82) is 0 Å². The van der Waals surface area contributed by atoms with E-state index in [4.69, 9.17) is 0 Å². The molecule has 1 heterocycles. The van der Waals surface area contributed by atoms with Crippen LogP contribution in [0.5, 0.6) is 0 Å². The van der Waals surface area contributed by atoms with Gasteiger partial charge in [0.25, 0.3) is 0 Å². The predicted octanol–water partition coefficient (Wildman–Crippen LogP) is 7.10. The van der Waals surface area contributed by atoms with Crippen molar-refractivity contribution in [1.82, 2.24) is 4.90 Å². The molecular weight excluding hydrogens is 487 g/mol. The summed E-state index contributed by atoms with van der Waals surface area (Å²) in [5.41, 5.74) is 6.45. The fourth-order valence-electron chi connectivity index (χ4n) is 5.91. The standard InChI is InChI=1S/C32H32F3NO2/c1-20-26(6-3-8-29(20)34)28-7-2-5-22-16-25(32(37)38)11-12-27(22)31(28)24-10-9-23(30(35)17-24)15-21-18-36(19-21)14-4-13-33/h3,6,8-12,16-17,21H,2,4-5,7,13-15,18-19H2,1H3,(H,37,38). The van der Waals surface area contributed by atoms with Gasteiger partial charge in [-0.15, -0.1) is 0 Å². The summed E-state index contributed by atoms with van der Waals surface area (Å²) >= 11 is 0. The Morgan fingerprint density at radius 1 is 1.00 bits per heavy atom. The van der Waals surface area contributed by atoms with E-state index < -0.39 is 5.97 Å². The van der Waals surface area contributed by atoms with E-state index in [1.54, 1.807) is 37.3 Å². The van der Waals surface area contributed by atoms with E-state index in [9.17, 15) is 18.7 Å². The Balaban J connectivity index is 1.55. The maximum absolute atomic E-state index is 15.5. The molecular formula is C32H32F3NO2. The van der Waals surface area contributed by atoms with Crippen LogP contribution in [0.25, 0.3) is 11.1 Å². The zero-order chi connectivity index (χ0) is 26.8. The van der Waals surface area contributed by atoms with Crippen LogP contribution in [-0.4, -0.2) is 42.3 Å². The Morgan fingerprint density at radius 3 is 2.55 bits per heavy atom. The Hall–Kier alpha value is -3.38. The van der Waals surface area contributed by atoms with E-state index in [0.717, 1.165) is 53.9 Å². The van der Waals surface area contributed by atoms with Crippen LogP contribution < -0.4 is 0 Å². The number of aryl methyl sites for hydroxylation is 1. The number of halogens is 3. The monoisotopic (exact) mass is 519 g/mol. The van der Waals surface area contributed by atoms with Crippen molar-refractivity contribution < 1.29 is 23.1 Å². The fourth-order valence-corrected chi connectivity index (χ4v) is 5.91. The molecule has 0 unspecified atom stereocenters. The molecule has 38 heavy (non-hydrogen) atoms. The largest absolute Gasteiger partial charge is 0.478 e. The summed E-state index contributed by atoms with van der Waals surface area (Å²) in [7, 11) is 0. The van der Waals surface area contributed by atoms with Crippen molar-refractivity contribution in [3.63, 3.8) is 0 Å². The maximum atomic E-state index is 15.5. The van der Waals surface area contributed by atoms with E-state index >= 15 is 4.39 Å². The van der Waals surface area contributed by atoms with Gasteiger partial charge in [-0.2, -0.15) is 0 Å². The lowest BCUT2D eigenvalue weighted by Crippen LogP contribution is -2.48. The summed E-state index contributed by atoms with van der Waals surface area (Å²) in [4.78, 5) is 13.8. The molecule has 1 aliphatic heterocycles. The summed E-state index contributed by atoms with van der Waals surface area (Å²) in [6.07, 6.45) is 3.28. The van der Waals surface area contributed by atoms with Gasteiger partial charge in [-0.05, 0) is 114 Å². The van der Waals surface area contributed by atoms with Gasteiger partial charge < -0.3 is 10.0 Å². The molecule has 0 spiro atoms. The average molecular weight is 520 g/mol. The van der Waals surface area contributed by atoms with E-state index in [-0.39, 0.29) is 23.9 Å². The van der Waals surface area contributed by atoms with Crippen molar-refractivity contribution >= 4 is 17.1 Å². The molecule has 6 heteroatoms. The number of hydrogen-bond donors (Lipinski definition) is 1. The van der Waals surface area contributed by atoms with Gasteiger partial charge in [0.05, 0.1) is 12.2 Å². The minimum absolute atomic E-state index is 0.219. The smallest absolute Gasteiger partial charge is 0.335 e. The van der Waals surface area contributed by atoms with Gasteiger partial charge >= 0.3 is 5.97 Å². The van der Waals surface area contributed by atoms with Crippen LogP contribution >= 0.6 is 0 Å². The first-order chi connectivity index (χ1) is 18.4. The molecule has 0 amide bonds. The number of benzene rings is 3. The highest BCUT2D eigenvalue weighted by molar-refractivity contribution is 6.01. The van der Waals surface area contributed by atoms with Crippen LogP contribution in [0.2, 0.25) is 0 Å². The van der Waals surface area contributed by atoms with Crippen LogP contribution in [-0.2, 0) is 12.8 Å². The summed E-state index contributed by atoms with van der Waals surface area (Å²) in [5, 5.41) is 9.54.